The Morgan fingerprint density at radius 3 is 2.44 bits per heavy atom. The van der Waals surface area contributed by atoms with Gasteiger partial charge in [-0.2, -0.15) is 0 Å². The molecule has 1 heterocycles. The van der Waals surface area contributed by atoms with Gasteiger partial charge < -0.3 is 4.52 Å². The molecule has 0 aliphatic rings. The summed E-state index contributed by atoms with van der Waals surface area (Å²) < 4.78 is 5.19. The molecule has 0 radical (unpaired) electrons. The molecule has 18 heavy (non-hydrogen) atoms. The highest BCUT2D eigenvalue weighted by Crippen LogP contribution is 2.16. The van der Waals surface area contributed by atoms with Crippen LogP contribution >= 0.6 is 0 Å². The molecule has 0 aliphatic heterocycles. The summed E-state index contributed by atoms with van der Waals surface area (Å²) in [6, 6.07) is 8.50. The van der Waals surface area contributed by atoms with E-state index in [2.05, 4.69) is 48.3 Å². The second kappa shape index (κ2) is 5.36. The van der Waals surface area contributed by atoms with Crippen LogP contribution in [-0.4, -0.2) is 17.1 Å². The average Bonchev–Trinajstić information content (AvgIpc) is 2.64. The molecule has 3 heteroatoms. The van der Waals surface area contributed by atoms with Crippen molar-refractivity contribution in [3.63, 3.8) is 0 Å². The van der Waals surface area contributed by atoms with Gasteiger partial charge in [-0.05, 0) is 38.9 Å². The van der Waals surface area contributed by atoms with E-state index in [1.807, 2.05) is 13.8 Å². The summed E-state index contributed by atoms with van der Waals surface area (Å²) in [7, 11) is 2.12. The minimum atomic E-state index is 0.871. The maximum atomic E-state index is 5.19. The predicted octanol–water partition coefficient (Wildman–Crippen LogP) is 3.23. The summed E-state index contributed by atoms with van der Waals surface area (Å²) in [5.74, 6) is 0.920. The van der Waals surface area contributed by atoms with Crippen LogP contribution in [0.2, 0.25) is 0 Å². The summed E-state index contributed by atoms with van der Waals surface area (Å²) in [5.41, 5.74) is 4.89. The van der Waals surface area contributed by atoms with Crippen molar-refractivity contribution >= 4 is 0 Å². The first-order valence-electron chi connectivity index (χ1n) is 6.22. The van der Waals surface area contributed by atoms with Crippen LogP contribution < -0.4 is 0 Å². The van der Waals surface area contributed by atoms with Crippen molar-refractivity contribution in [1.29, 1.82) is 0 Å². The lowest BCUT2D eigenvalue weighted by atomic mass is 10.1. The maximum Gasteiger partial charge on any atom is 0.138 e. The lowest BCUT2D eigenvalue weighted by molar-refractivity contribution is 0.314. The number of nitrogens with zero attached hydrogens (tertiary/aromatic N) is 2. The highest BCUT2D eigenvalue weighted by Gasteiger charge is 2.11. The number of rotatable bonds is 4. The molecule has 2 aromatic rings. The van der Waals surface area contributed by atoms with Crippen LogP contribution in [0.25, 0.3) is 0 Å². The van der Waals surface area contributed by atoms with Gasteiger partial charge in [-0.1, -0.05) is 29.4 Å². The molecule has 3 nitrogen and oxygen atoms in total. The zero-order valence-corrected chi connectivity index (χ0v) is 11.5. The summed E-state index contributed by atoms with van der Waals surface area (Å²) in [5, 5.41) is 3.99. The van der Waals surface area contributed by atoms with E-state index in [1.54, 1.807) is 0 Å². The molecule has 0 saturated heterocycles. The van der Waals surface area contributed by atoms with E-state index in [4.69, 9.17) is 4.52 Å². The number of hydrogen-bond donors (Lipinski definition) is 0. The quantitative estimate of drug-likeness (QED) is 0.827. The molecule has 1 aromatic heterocycles. The third-order valence-corrected chi connectivity index (χ3v) is 3.31. The molecule has 0 fully saturated rings. The molecule has 2 rings (SSSR count). The van der Waals surface area contributed by atoms with Gasteiger partial charge in [0.2, 0.25) is 0 Å². The van der Waals surface area contributed by atoms with Gasteiger partial charge >= 0.3 is 0 Å². The van der Waals surface area contributed by atoms with Crippen LogP contribution in [0.4, 0.5) is 0 Å². The van der Waals surface area contributed by atoms with Crippen molar-refractivity contribution in [3.05, 3.63) is 52.4 Å². The summed E-state index contributed by atoms with van der Waals surface area (Å²) in [4.78, 5) is 2.29. The van der Waals surface area contributed by atoms with Gasteiger partial charge in [-0.25, -0.2) is 0 Å². The van der Waals surface area contributed by atoms with Gasteiger partial charge in [0.05, 0.1) is 5.69 Å². The number of benzene rings is 1. The van der Waals surface area contributed by atoms with Gasteiger partial charge in [0, 0.05) is 18.7 Å². The molecule has 0 bridgehead atoms. The Bertz CT molecular complexity index is 512. The van der Waals surface area contributed by atoms with Gasteiger partial charge in [0.15, 0.2) is 0 Å². The Morgan fingerprint density at radius 1 is 1.11 bits per heavy atom. The van der Waals surface area contributed by atoms with Crippen molar-refractivity contribution in [2.45, 2.75) is 33.9 Å². The number of hydrogen-bond acceptors (Lipinski definition) is 3. The van der Waals surface area contributed by atoms with Gasteiger partial charge in [-0.15, -0.1) is 0 Å². The van der Waals surface area contributed by atoms with Crippen LogP contribution in [0.1, 0.15) is 28.1 Å². The van der Waals surface area contributed by atoms with E-state index in [1.165, 1.54) is 16.7 Å². The van der Waals surface area contributed by atoms with E-state index >= 15 is 0 Å². The normalized spacial score (nSPS) is 11.2. The van der Waals surface area contributed by atoms with E-state index in [0.29, 0.717) is 0 Å². The summed E-state index contributed by atoms with van der Waals surface area (Å²) in [6.07, 6.45) is 0. The number of aryl methyl sites for hydroxylation is 3. The second-order valence-corrected chi connectivity index (χ2v) is 4.90. The van der Waals surface area contributed by atoms with E-state index in [0.717, 1.165) is 24.5 Å². The Morgan fingerprint density at radius 2 is 1.83 bits per heavy atom. The minimum Gasteiger partial charge on any atom is -0.361 e. The SMILES string of the molecule is Cc1ccccc1CN(C)Cc1c(C)noc1C. The molecular formula is C15H20N2O. The third-order valence-electron chi connectivity index (χ3n) is 3.31. The van der Waals surface area contributed by atoms with Crippen LogP contribution in [-0.2, 0) is 13.1 Å². The molecule has 0 aliphatic carbocycles. The zero-order valence-electron chi connectivity index (χ0n) is 11.5. The molecule has 0 unspecified atom stereocenters. The van der Waals surface area contributed by atoms with E-state index in [9.17, 15) is 0 Å². The Kier molecular flexibility index (Phi) is 3.82. The first kappa shape index (κ1) is 12.8. The van der Waals surface area contributed by atoms with Gasteiger partial charge in [-0.3, -0.25) is 4.90 Å². The molecule has 0 amide bonds. The predicted molar refractivity (Wildman–Crippen MR) is 72.3 cm³/mol. The molecular weight excluding hydrogens is 224 g/mol. The lowest BCUT2D eigenvalue weighted by Gasteiger charge is -2.17. The Hall–Kier alpha value is -1.61. The summed E-state index contributed by atoms with van der Waals surface area (Å²) in [6.45, 7) is 7.93. The van der Waals surface area contributed by atoms with Gasteiger partial charge in [0.1, 0.15) is 5.76 Å². The summed E-state index contributed by atoms with van der Waals surface area (Å²) >= 11 is 0. The van der Waals surface area contributed by atoms with Crippen molar-refractivity contribution in [1.82, 2.24) is 10.1 Å². The first-order chi connectivity index (χ1) is 8.58. The number of aromatic nitrogens is 1. The average molecular weight is 244 g/mol. The first-order valence-corrected chi connectivity index (χ1v) is 6.22. The maximum absolute atomic E-state index is 5.19. The van der Waals surface area contributed by atoms with Crippen LogP contribution in [0.5, 0.6) is 0 Å². The Balaban J connectivity index is 2.06. The lowest BCUT2D eigenvalue weighted by Crippen LogP contribution is -2.18. The largest absolute Gasteiger partial charge is 0.361 e. The van der Waals surface area contributed by atoms with Crippen molar-refractivity contribution in [3.8, 4) is 0 Å². The van der Waals surface area contributed by atoms with E-state index < -0.39 is 0 Å². The third kappa shape index (κ3) is 2.79. The van der Waals surface area contributed by atoms with E-state index in [-0.39, 0.29) is 0 Å². The molecule has 1 aromatic carbocycles. The smallest absolute Gasteiger partial charge is 0.138 e. The highest BCUT2D eigenvalue weighted by molar-refractivity contribution is 5.26. The van der Waals surface area contributed by atoms with Crippen molar-refractivity contribution in [2.75, 3.05) is 7.05 Å². The minimum absolute atomic E-state index is 0.871. The van der Waals surface area contributed by atoms with Crippen LogP contribution in [0.3, 0.4) is 0 Å². The second-order valence-electron chi connectivity index (χ2n) is 4.90. The fraction of sp³-hybridized carbons (Fsp3) is 0.400. The Labute approximate surface area is 108 Å². The molecule has 96 valence electrons. The standard InChI is InChI=1S/C15H20N2O/c1-11-7-5-6-8-14(11)9-17(4)10-15-12(2)16-18-13(15)3/h5-8H,9-10H2,1-4H3. The topological polar surface area (TPSA) is 29.3 Å². The molecule has 0 atom stereocenters. The monoisotopic (exact) mass is 244 g/mol. The zero-order chi connectivity index (χ0) is 13.1. The van der Waals surface area contributed by atoms with Crippen molar-refractivity contribution < 1.29 is 4.52 Å². The van der Waals surface area contributed by atoms with Crippen LogP contribution in [0.15, 0.2) is 28.8 Å². The molecule has 0 spiro atoms. The van der Waals surface area contributed by atoms with Gasteiger partial charge in [0.25, 0.3) is 0 Å². The molecule has 0 saturated carbocycles. The van der Waals surface area contributed by atoms with Crippen LogP contribution in [0, 0.1) is 20.8 Å². The fourth-order valence-electron chi connectivity index (χ4n) is 2.13. The highest BCUT2D eigenvalue weighted by atomic mass is 16.5. The molecule has 0 N–H and O–H groups in total. The fourth-order valence-corrected chi connectivity index (χ4v) is 2.13. The van der Waals surface area contributed by atoms with Crippen molar-refractivity contribution in [2.24, 2.45) is 0 Å².